The van der Waals surface area contributed by atoms with E-state index in [1.165, 1.54) is 24.3 Å². The van der Waals surface area contributed by atoms with E-state index in [4.69, 9.17) is 5.73 Å². The summed E-state index contributed by atoms with van der Waals surface area (Å²) in [4.78, 5) is 41.9. The van der Waals surface area contributed by atoms with E-state index >= 15 is 0 Å². The van der Waals surface area contributed by atoms with Crippen molar-refractivity contribution in [1.82, 2.24) is 9.97 Å². The molecule has 2 aromatic carbocycles. The molecule has 0 aliphatic carbocycles. The van der Waals surface area contributed by atoms with Crippen molar-refractivity contribution < 1.29 is 32.3 Å². The largest absolute Gasteiger partial charge is 0.435 e. The molecule has 0 unspecified atom stereocenters. The van der Waals surface area contributed by atoms with Crippen LogP contribution in [0.1, 0.15) is 31.3 Å². The summed E-state index contributed by atoms with van der Waals surface area (Å²) in [6, 6.07) is 8.49. The Kier molecular flexibility index (Phi) is 6.19. The number of halogens is 3. The molecular formula is C19H14F3N5O4. The van der Waals surface area contributed by atoms with Crippen LogP contribution in [0.4, 0.5) is 24.5 Å². The lowest BCUT2D eigenvalue weighted by Crippen LogP contribution is -2.20. The number of amides is 3. The number of rotatable bonds is 7. The third-order valence-electron chi connectivity index (χ3n) is 3.91. The average molecular weight is 433 g/mol. The van der Waals surface area contributed by atoms with Crippen molar-refractivity contribution in [3.05, 3.63) is 71.6 Å². The third-order valence-corrected chi connectivity index (χ3v) is 3.91. The van der Waals surface area contributed by atoms with Gasteiger partial charge in [-0.3, -0.25) is 14.4 Å². The Morgan fingerprint density at radius 1 is 1.00 bits per heavy atom. The van der Waals surface area contributed by atoms with Gasteiger partial charge >= 0.3 is 6.61 Å². The van der Waals surface area contributed by atoms with E-state index in [9.17, 15) is 27.6 Å². The summed E-state index contributed by atoms with van der Waals surface area (Å²) in [6.45, 7) is -3.12. The van der Waals surface area contributed by atoms with Gasteiger partial charge in [-0.25, -0.2) is 9.37 Å². The normalized spacial score (nSPS) is 10.6. The summed E-state index contributed by atoms with van der Waals surface area (Å²) < 4.78 is 42.4. The quantitative estimate of drug-likeness (QED) is 0.454. The molecule has 3 amide bonds. The fourth-order valence-corrected chi connectivity index (χ4v) is 2.54. The number of benzene rings is 2. The van der Waals surface area contributed by atoms with Gasteiger partial charge in [0.25, 0.3) is 17.7 Å². The number of alkyl halides is 2. The number of H-pyrrole nitrogens is 1. The molecule has 1 heterocycles. The molecule has 9 nitrogen and oxygen atoms in total. The van der Waals surface area contributed by atoms with Gasteiger partial charge in [-0.1, -0.05) is 0 Å². The zero-order valence-electron chi connectivity index (χ0n) is 15.5. The molecule has 160 valence electrons. The van der Waals surface area contributed by atoms with Gasteiger partial charge < -0.3 is 26.1 Å². The monoisotopic (exact) mass is 433 g/mol. The lowest BCUT2D eigenvalue weighted by molar-refractivity contribution is -0.0500. The van der Waals surface area contributed by atoms with Crippen molar-refractivity contribution in [1.29, 1.82) is 0 Å². The average Bonchev–Trinajstić information content (AvgIpc) is 3.19. The van der Waals surface area contributed by atoms with E-state index in [1.807, 2.05) is 0 Å². The molecule has 0 spiro atoms. The van der Waals surface area contributed by atoms with Crippen LogP contribution in [-0.4, -0.2) is 34.3 Å². The van der Waals surface area contributed by atoms with Crippen LogP contribution >= 0.6 is 0 Å². The Bertz CT molecular complexity index is 1130. The van der Waals surface area contributed by atoms with Gasteiger partial charge in [0, 0.05) is 17.4 Å². The predicted molar refractivity (Wildman–Crippen MR) is 102 cm³/mol. The number of nitrogens with one attached hydrogen (secondary N) is 3. The highest BCUT2D eigenvalue weighted by atomic mass is 19.3. The van der Waals surface area contributed by atoms with Crippen LogP contribution in [0, 0.1) is 5.82 Å². The number of carbonyl (C=O) groups is 3. The minimum absolute atomic E-state index is 0.111. The number of hydrogen-bond acceptors (Lipinski definition) is 5. The Balaban J connectivity index is 1.65. The maximum Gasteiger partial charge on any atom is 0.387 e. The molecule has 1 aromatic heterocycles. The van der Waals surface area contributed by atoms with E-state index in [-0.39, 0.29) is 22.6 Å². The van der Waals surface area contributed by atoms with E-state index in [0.717, 1.165) is 18.5 Å². The van der Waals surface area contributed by atoms with Gasteiger partial charge in [-0.2, -0.15) is 8.78 Å². The maximum atomic E-state index is 14.0. The number of nitrogens with zero attached hydrogens (tertiary/aromatic N) is 1. The topological polar surface area (TPSA) is 139 Å². The summed E-state index contributed by atoms with van der Waals surface area (Å²) in [5, 5.41) is 4.95. The first-order chi connectivity index (χ1) is 14.7. The Morgan fingerprint density at radius 2 is 1.61 bits per heavy atom. The molecular weight excluding hydrogens is 419 g/mol. The van der Waals surface area contributed by atoms with Crippen molar-refractivity contribution in [3.8, 4) is 5.75 Å². The smallest absolute Gasteiger partial charge is 0.387 e. The third kappa shape index (κ3) is 5.18. The maximum absolute atomic E-state index is 14.0. The number of aromatic nitrogens is 2. The number of ether oxygens (including phenoxy) is 1. The Morgan fingerprint density at radius 3 is 2.16 bits per heavy atom. The number of carbonyl (C=O) groups excluding carboxylic acids is 3. The van der Waals surface area contributed by atoms with Crippen molar-refractivity contribution in [2.24, 2.45) is 5.73 Å². The zero-order chi connectivity index (χ0) is 22.5. The highest BCUT2D eigenvalue weighted by Gasteiger charge is 2.18. The van der Waals surface area contributed by atoms with Crippen molar-refractivity contribution in [2.45, 2.75) is 6.61 Å². The lowest BCUT2D eigenvalue weighted by atomic mass is 10.2. The van der Waals surface area contributed by atoms with Crippen molar-refractivity contribution in [2.75, 3.05) is 10.6 Å². The van der Waals surface area contributed by atoms with Gasteiger partial charge in [0.05, 0.1) is 11.9 Å². The molecule has 5 N–H and O–H groups in total. The molecule has 0 fully saturated rings. The second-order valence-corrected chi connectivity index (χ2v) is 6.00. The van der Waals surface area contributed by atoms with E-state index in [2.05, 4.69) is 25.3 Å². The minimum atomic E-state index is -3.12. The first-order valence-corrected chi connectivity index (χ1v) is 8.55. The molecule has 0 atom stereocenters. The molecule has 0 radical (unpaired) electrons. The van der Waals surface area contributed by atoms with Gasteiger partial charge in [0.15, 0.2) is 5.69 Å². The second kappa shape index (κ2) is 8.98. The number of primary amides is 1. The number of anilines is 2. The van der Waals surface area contributed by atoms with Gasteiger partial charge in [-0.05, 0) is 36.4 Å². The minimum Gasteiger partial charge on any atom is -0.435 e. The van der Waals surface area contributed by atoms with Crippen molar-refractivity contribution >= 4 is 29.1 Å². The van der Waals surface area contributed by atoms with Crippen LogP contribution in [0.25, 0.3) is 0 Å². The Hall–Kier alpha value is -4.35. The van der Waals surface area contributed by atoms with Crippen LogP contribution in [0.5, 0.6) is 5.75 Å². The highest BCUT2D eigenvalue weighted by Crippen LogP contribution is 2.21. The zero-order valence-corrected chi connectivity index (χ0v) is 15.5. The SMILES string of the molecule is NC(=O)c1nc[nH]c1C(=O)Nc1ccc(NC(=O)c2ccc(OC(F)F)cc2F)cc1. The summed E-state index contributed by atoms with van der Waals surface area (Å²) >= 11 is 0. The lowest BCUT2D eigenvalue weighted by Gasteiger charge is -2.09. The summed E-state index contributed by atoms with van der Waals surface area (Å²) in [7, 11) is 0. The standard InChI is InChI=1S/C19H14F3N5O4/c20-13-7-11(31-19(21)22)5-6-12(13)17(29)26-9-1-3-10(4-2-9)27-18(30)15-14(16(23)28)24-8-25-15/h1-8,19H,(H2,23,28)(H,24,25)(H,26,29)(H,27,30). The number of aromatic amines is 1. The molecule has 0 saturated carbocycles. The molecule has 31 heavy (non-hydrogen) atoms. The summed E-state index contributed by atoms with van der Waals surface area (Å²) in [5.41, 5.74) is 5.03. The molecule has 0 aliphatic rings. The van der Waals surface area contributed by atoms with Crippen LogP contribution < -0.4 is 21.1 Å². The van der Waals surface area contributed by atoms with Gasteiger partial charge in [-0.15, -0.1) is 0 Å². The predicted octanol–water partition coefficient (Wildman–Crippen LogP) is 2.75. The van der Waals surface area contributed by atoms with E-state index in [1.54, 1.807) is 0 Å². The number of imidazole rings is 1. The van der Waals surface area contributed by atoms with E-state index < -0.39 is 35.9 Å². The van der Waals surface area contributed by atoms with Crippen molar-refractivity contribution in [3.63, 3.8) is 0 Å². The first kappa shape index (κ1) is 21.4. The van der Waals surface area contributed by atoms with Crippen LogP contribution in [0.2, 0.25) is 0 Å². The molecule has 0 bridgehead atoms. The number of nitrogens with two attached hydrogens (primary N) is 1. The molecule has 12 heteroatoms. The fraction of sp³-hybridized carbons (Fsp3) is 0.0526. The van der Waals surface area contributed by atoms with Crippen LogP contribution in [-0.2, 0) is 0 Å². The second-order valence-electron chi connectivity index (χ2n) is 6.00. The Labute approximate surface area is 172 Å². The molecule has 3 aromatic rings. The highest BCUT2D eigenvalue weighted by molar-refractivity contribution is 6.10. The van der Waals surface area contributed by atoms with Gasteiger partial charge in [0.1, 0.15) is 17.3 Å². The molecule has 0 aliphatic heterocycles. The molecule has 0 saturated heterocycles. The molecule has 3 rings (SSSR count). The summed E-state index contributed by atoms with van der Waals surface area (Å²) in [5.74, 6) is -3.80. The van der Waals surface area contributed by atoms with Gasteiger partial charge in [0.2, 0.25) is 0 Å². The summed E-state index contributed by atoms with van der Waals surface area (Å²) in [6.07, 6.45) is 1.15. The first-order valence-electron chi connectivity index (χ1n) is 8.55. The van der Waals surface area contributed by atoms with Crippen LogP contribution in [0.3, 0.4) is 0 Å². The van der Waals surface area contributed by atoms with E-state index in [0.29, 0.717) is 11.8 Å². The van der Waals surface area contributed by atoms with Crippen LogP contribution in [0.15, 0.2) is 48.8 Å². The number of hydrogen-bond donors (Lipinski definition) is 4. The fourth-order valence-electron chi connectivity index (χ4n) is 2.54.